The molecule has 0 aliphatic carbocycles. The number of halogens is 1. The lowest BCUT2D eigenvalue weighted by Gasteiger charge is -2.08. The van der Waals surface area contributed by atoms with E-state index < -0.39 is 0 Å². The van der Waals surface area contributed by atoms with E-state index in [0.29, 0.717) is 16.7 Å². The number of thiazole rings is 1. The molecule has 0 radical (unpaired) electrons. The molecule has 2 N–H and O–H groups in total. The zero-order chi connectivity index (χ0) is 18.4. The number of anilines is 1. The number of unbranched alkanes of at least 4 members (excludes halogenated alkanes) is 1. The van der Waals surface area contributed by atoms with Gasteiger partial charge in [-0.3, -0.25) is 10.3 Å². The first kappa shape index (κ1) is 18.4. The Morgan fingerprint density at radius 1 is 1.15 bits per heavy atom. The first-order chi connectivity index (χ1) is 12.7. The van der Waals surface area contributed by atoms with E-state index in [1.54, 1.807) is 18.6 Å². The van der Waals surface area contributed by atoms with Crippen molar-refractivity contribution in [1.82, 2.24) is 15.3 Å². The van der Waals surface area contributed by atoms with Crippen LogP contribution in [0.2, 0.25) is 5.02 Å². The fourth-order valence-corrected chi connectivity index (χ4v) is 3.57. The van der Waals surface area contributed by atoms with Crippen molar-refractivity contribution in [3.63, 3.8) is 0 Å². The molecule has 1 aromatic carbocycles. The summed E-state index contributed by atoms with van der Waals surface area (Å²) < 4.78 is 0. The summed E-state index contributed by atoms with van der Waals surface area (Å²) in [5.41, 5.74) is 2.82. The minimum absolute atomic E-state index is 0.236. The quantitative estimate of drug-likeness (QED) is 0.554. The Morgan fingerprint density at radius 3 is 2.81 bits per heavy atom. The van der Waals surface area contributed by atoms with Crippen molar-refractivity contribution in [1.29, 1.82) is 0 Å². The lowest BCUT2D eigenvalue weighted by molar-refractivity contribution is 0.252. The molecule has 7 heteroatoms. The van der Waals surface area contributed by atoms with Crippen LogP contribution >= 0.6 is 22.9 Å². The predicted octanol–water partition coefficient (Wildman–Crippen LogP) is 5.45. The zero-order valence-corrected chi connectivity index (χ0v) is 15.9. The number of nitrogens with one attached hydrogen (secondary N) is 2. The van der Waals surface area contributed by atoms with Gasteiger partial charge >= 0.3 is 6.03 Å². The number of nitrogens with zero attached hydrogens (tertiary/aromatic N) is 2. The summed E-state index contributed by atoms with van der Waals surface area (Å²) in [6.07, 6.45) is 7.27. The Bertz CT molecular complexity index is 897. The van der Waals surface area contributed by atoms with Crippen LogP contribution in [0.5, 0.6) is 0 Å². The molecular weight excluding hydrogens is 368 g/mol. The Kier molecular flexibility index (Phi) is 6.20. The van der Waals surface area contributed by atoms with Crippen LogP contribution in [0.3, 0.4) is 0 Å². The van der Waals surface area contributed by atoms with E-state index in [1.165, 1.54) is 11.3 Å². The zero-order valence-electron chi connectivity index (χ0n) is 14.3. The van der Waals surface area contributed by atoms with Gasteiger partial charge in [-0.2, -0.15) is 0 Å². The molecule has 3 rings (SSSR count). The molecule has 2 heterocycles. The molecule has 2 amide bonds. The highest BCUT2D eigenvalue weighted by Crippen LogP contribution is 2.38. The second-order valence-electron chi connectivity index (χ2n) is 5.67. The summed E-state index contributed by atoms with van der Waals surface area (Å²) in [6.45, 7) is 2.74. The van der Waals surface area contributed by atoms with Gasteiger partial charge < -0.3 is 5.32 Å². The maximum Gasteiger partial charge on any atom is 0.321 e. The topological polar surface area (TPSA) is 66.9 Å². The summed E-state index contributed by atoms with van der Waals surface area (Å²) in [5.74, 6) is 0. The Labute approximate surface area is 161 Å². The minimum atomic E-state index is -0.236. The third-order valence-corrected chi connectivity index (χ3v) is 5.07. The monoisotopic (exact) mass is 386 g/mol. The largest absolute Gasteiger partial charge is 0.338 e. The third-order valence-electron chi connectivity index (χ3n) is 3.79. The van der Waals surface area contributed by atoms with E-state index in [-0.39, 0.29) is 6.03 Å². The van der Waals surface area contributed by atoms with Crippen molar-refractivity contribution in [3.8, 4) is 21.6 Å². The Morgan fingerprint density at radius 2 is 2.00 bits per heavy atom. The number of carbonyl (C=O) groups is 1. The van der Waals surface area contributed by atoms with Gasteiger partial charge in [-0.05, 0) is 18.6 Å². The molecule has 0 spiro atoms. The van der Waals surface area contributed by atoms with Crippen LogP contribution in [0.4, 0.5) is 9.93 Å². The fourth-order valence-electron chi connectivity index (χ4n) is 2.48. The molecule has 0 bridgehead atoms. The van der Waals surface area contributed by atoms with Crippen molar-refractivity contribution in [3.05, 3.63) is 53.9 Å². The van der Waals surface area contributed by atoms with Gasteiger partial charge in [-0.1, -0.05) is 54.5 Å². The van der Waals surface area contributed by atoms with E-state index in [1.807, 2.05) is 30.3 Å². The van der Waals surface area contributed by atoms with Gasteiger partial charge in [0.25, 0.3) is 0 Å². The Hall–Kier alpha value is -2.44. The first-order valence-corrected chi connectivity index (χ1v) is 9.58. The highest BCUT2D eigenvalue weighted by molar-refractivity contribution is 7.19. The SMILES string of the molecule is CCCCNC(=O)Nc1ncc(-c2ccncc2-c2ccccc2Cl)s1. The predicted molar refractivity (Wildman–Crippen MR) is 108 cm³/mol. The van der Waals surface area contributed by atoms with Crippen LogP contribution in [0.1, 0.15) is 19.8 Å². The molecule has 0 aliphatic heterocycles. The summed E-state index contributed by atoms with van der Waals surface area (Å²) >= 11 is 7.76. The molecule has 5 nitrogen and oxygen atoms in total. The maximum atomic E-state index is 11.9. The highest BCUT2D eigenvalue weighted by atomic mass is 35.5. The van der Waals surface area contributed by atoms with Gasteiger partial charge in [-0.25, -0.2) is 9.78 Å². The first-order valence-electron chi connectivity index (χ1n) is 8.39. The Balaban J connectivity index is 1.82. The van der Waals surface area contributed by atoms with E-state index >= 15 is 0 Å². The average Bonchev–Trinajstić information content (AvgIpc) is 3.10. The van der Waals surface area contributed by atoms with Crippen LogP contribution in [0.25, 0.3) is 21.6 Å². The molecule has 0 aliphatic rings. The van der Waals surface area contributed by atoms with Gasteiger partial charge in [0.05, 0.1) is 4.88 Å². The summed E-state index contributed by atoms with van der Waals surface area (Å²) in [7, 11) is 0. The molecule has 134 valence electrons. The van der Waals surface area contributed by atoms with Gasteiger partial charge in [-0.15, -0.1) is 0 Å². The van der Waals surface area contributed by atoms with Crippen LogP contribution < -0.4 is 10.6 Å². The number of hydrogen-bond acceptors (Lipinski definition) is 4. The second kappa shape index (κ2) is 8.78. The lowest BCUT2D eigenvalue weighted by atomic mass is 10.0. The van der Waals surface area contributed by atoms with Crippen molar-refractivity contribution < 1.29 is 4.79 Å². The van der Waals surface area contributed by atoms with E-state index in [9.17, 15) is 4.79 Å². The summed E-state index contributed by atoms with van der Waals surface area (Å²) in [5, 5.41) is 6.81. The van der Waals surface area contributed by atoms with Crippen LogP contribution in [0.15, 0.2) is 48.9 Å². The van der Waals surface area contributed by atoms with Gasteiger partial charge in [0.2, 0.25) is 0 Å². The summed E-state index contributed by atoms with van der Waals surface area (Å²) in [4.78, 5) is 21.4. The van der Waals surface area contributed by atoms with Gasteiger partial charge in [0.1, 0.15) is 0 Å². The standard InChI is InChI=1S/C19H19ClN4OS/c1-2-3-9-22-18(25)24-19-23-12-17(26-19)14-8-10-21-11-15(14)13-6-4-5-7-16(13)20/h4-8,10-12H,2-3,9H2,1H3,(H2,22,23,24,25). The van der Waals surface area contributed by atoms with E-state index in [0.717, 1.165) is 34.4 Å². The van der Waals surface area contributed by atoms with Crippen LogP contribution in [-0.4, -0.2) is 22.5 Å². The highest BCUT2D eigenvalue weighted by Gasteiger charge is 2.13. The molecule has 0 saturated heterocycles. The van der Waals surface area contributed by atoms with E-state index in [4.69, 9.17) is 11.6 Å². The number of aromatic nitrogens is 2. The van der Waals surface area contributed by atoms with Gasteiger partial charge in [0.15, 0.2) is 5.13 Å². The molecule has 0 atom stereocenters. The van der Waals surface area contributed by atoms with Crippen molar-refractivity contribution >= 4 is 34.1 Å². The number of benzene rings is 1. The lowest BCUT2D eigenvalue weighted by Crippen LogP contribution is -2.29. The molecule has 0 fully saturated rings. The van der Waals surface area contributed by atoms with Crippen molar-refractivity contribution in [2.45, 2.75) is 19.8 Å². The second-order valence-corrected chi connectivity index (χ2v) is 7.10. The fraction of sp³-hybridized carbons (Fsp3) is 0.211. The van der Waals surface area contributed by atoms with E-state index in [2.05, 4.69) is 27.5 Å². The van der Waals surface area contributed by atoms with Crippen molar-refractivity contribution in [2.75, 3.05) is 11.9 Å². The molecule has 2 aromatic heterocycles. The number of rotatable bonds is 6. The molecule has 26 heavy (non-hydrogen) atoms. The normalized spacial score (nSPS) is 10.5. The van der Waals surface area contributed by atoms with Crippen LogP contribution in [0, 0.1) is 0 Å². The number of hydrogen-bond donors (Lipinski definition) is 2. The number of carbonyl (C=O) groups excluding carboxylic acids is 1. The smallest absolute Gasteiger partial charge is 0.321 e. The molecule has 3 aromatic rings. The number of pyridine rings is 1. The average molecular weight is 387 g/mol. The maximum absolute atomic E-state index is 11.9. The molecular formula is C19H19ClN4OS. The number of urea groups is 1. The number of amides is 2. The third kappa shape index (κ3) is 4.39. The van der Waals surface area contributed by atoms with Crippen LogP contribution in [-0.2, 0) is 0 Å². The summed E-state index contributed by atoms with van der Waals surface area (Å²) in [6, 6.07) is 9.35. The minimum Gasteiger partial charge on any atom is -0.338 e. The molecule has 0 saturated carbocycles. The van der Waals surface area contributed by atoms with Crippen molar-refractivity contribution in [2.24, 2.45) is 0 Å². The van der Waals surface area contributed by atoms with Gasteiger partial charge in [0, 0.05) is 46.8 Å². The molecule has 0 unspecified atom stereocenters.